The summed E-state index contributed by atoms with van der Waals surface area (Å²) in [5, 5.41) is 3.32. The van der Waals surface area contributed by atoms with Crippen LogP contribution < -0.4 is 11.1 Å². The Hall–Kier alpha value is -0.870. The summed E-state index contributed by atoms with van der Waals surface area (Å²) in [7, 11) is 0. The van der Waals surface area contributed by atoms with E-state index >= 15 is 0 Å². The number of amides is 1. The second kappa shape index (κ2) is 5.49. The number of rotatable bonds is 3. The smallest absolute Gasteiger partial charge is 0.223 e. The molecule has 20 heavy (non-hydrogen) atoms. The Morgan fingerprint density at radius 2 is 1.95 bits per heavy atom. The summed E-state index contributed by atoms with van der Waals surface area (Å²) >= 11 is 3.46. The molecule has 2 atom stereocenters. The quantitative estimate of drug-likeness (QED) is 0.891. The Morgan fingerprint density at radius 3 is 2.45 bits per heavy atom. The molecule has 0 saturated heterocycles. The summed E-state index contributed by atoms with van der Waals surface area (Å²) in [6, 6.07) is 8.53. The lowest BCUT2D eigenvalue weighted by Crippen LogP contribution is -2.52. The monoisotopic (exact) mass is 336 g/mol. The summed E-state index contributed by atoms with van der Waals surface area (Å²) in [5.74, 6) is 0.304. The molecule has 1 aromatic carbocycles. The van der Waals surface area contributed by atoms with E-state index in [1.165, 1.54) is 12.0 Å². The Bertz CT molecular complexity index is 496. The Labute approximate surface area is 128 Å². The zero-order valence-corrected chi connectivity index (χ0v) is 13.2. The van der Waals surface area contributed by atoms with E-state index in [1.54, 1.807) is 0 Å². The van der Waals surface area contributed by atoms with Crippen LogP contribution >= 0.6 is 15.9 Å². The number of hydrogen-bond donors (Lipinski definition) is 2. The Balaban J connectivity index is 1.73. The van der Waals surface area contributed by atoms with Crippen molar-refractivity contribution >= 4 is 21.8 Å². The van der Waals surface area contributed by atoms with Gasteiger partial charge in [0.25, 0.3) is 0 Å². The molecule has 1 amide bonds. The molecule has 0 heterocycles. The second-order valence-corrected chi connectivity index (χ2v) is 7.12. The van der Waals surface area contributed by atoms with Gasteiger partial charge in [-0.2, -0.15) is 0 Å². The maximum absolute atomic E-state index is 12.5. The van der Waals surface area contributed by atoms with Crippen LogP contribution in [-0.2, 0) is 10.3 Å². The second-order valence-electron chi connectivity index (χ2n) is 6.20. The molecule has 2 unspecified atom stereocenters. The van der Waals surface area contributed by atoms with Crippen molar-refractivity contribution in [3.05, 3.63) is 34.3 Å². The first-order chi connectivity index (χ1) is 9.59. The molecule has 0 radical (unpaired) electrons. The molecule has 2 aliphatic rings. The molecule has 2 fully saturated rings. The zero-order chi connectivity index (χ0) is 14.2. The van der Waals surface area contributed by atoms with Gasteiger partial charge in [-0.25, -0.2) is 0 Å². The van der Waals surface area contributed by atoms with E-state index in [2.05, 4.69) is 33.4 Å². The molecule has 0 bridgehead atoms. The lowest BCUT2D eigenvalue weighted by atomic mass is 9.71. The van der Waals surface area contributed by atoms with Crippen LogP contribution in [0.2, 0.25) is 0 Å². The topological polar surface area (TPSA) is 55.1 Å². The molecular weight excluding hydrogens is 316 g/mol. The molecule has 3 rings (SSSR count). The summed E-state index contributed by atoms with van der Waals surface area (Å²) in [6.07, 6.45) is 6.01. The van der Waals surface area contributed by atoms with E-state index in [0.29, 0.717) is 0 Å². The molecule has 0 aromatic heterocycles. The molecule has 0 aliphatic heterocycles. The third kappa shape index (κ3) is 2.63. The van der Waals surface area contributed by atoms with E-state index in [0.717, 1.165) is 36.6 Å². The third-order valence-electron chi connectivity index (χ3n) is 4.81. The van der Waals surface area contributed by atoms with Crippen LogP contribution in [0.5, 0.6) is 0 Å². The largest absolute Gasteiger partial charge is 0.346 e. The van der Waals surface area contributed by atoms with Crippen LogP contribution in [-0.4, -0.2) is 11.9 Å². The standard InChI is InChI=1S/C16H21BrN2O/c17-13-5-3-12(4-6-13)16(8-1-9-16)19-15(20)11-2-7-14(18)10-11/h3-6,11,14H,1-2,7-10,18H2,(H,19,20). The fourth-order valence-electron chi connectivity index (χ4n) is 3.38. The average Bonchev–Trinajstić information content (AvgIpc) is 2.82. The number of carbonyl (C=O) groups excluding carboxylic acids is 1. The fraction of sp³-hybridized carbons (Fsp3) is 0.562. The first-order valence-corrected chi connectivity index (χ1v) is 8.22. The Morgan fingerprint density at radius 1 is 1.25 bits per heavy atom. The first-order valence-electron chi connectivity index (χ1n) is 7.43. The maximum Gasteiger partial charge on any atom is 0.223 e. The van der Waals surface area contributed by atoms with Crippen LogP contribution in [0.4, 0.5) is 0 Å². The van der Waals surface area contributed by atoms with Crippen LogP contribution in [0.3, 0.4) is 0 Å². The summed E-state index contributed by atoms with van der Waals surface area (Å²) < 4.78 is 1.07. The van der Waals surface area contributed by atoms with Gasteiger partial charge in [-0.3, -0.25) is 4.79 Å². The molecule has 2 aliphatic carbocycles. The van der Waals surface area contributed by atoms with Crippen molar-refractivity contribution in [3.63, 3.8) is 0 Å². The van der Waals surface area contributed by atoms with Gasteiger partial charge in [-0.1, -0.05) is 28.1 Å². The summed E-state index contributed by atoms with van der Waals surface area (Å²) in [5.41, 5.74) is 7.01. The van der Waals surface area contributed by atoms with E-state index in [4.69, 9.17) is 5.73 Å². The van der Waals surface area contributed by atoms with Gasteiger partial charge >= 0.3 is 0 Å². The Kier molecular flexibility index (Phi) is 3.87. The zero-order valence-electron chi connectivity index (χ0n) is 11.6. The maximum atomic E-state index is 12.5. The first kappa shape index (κ1) is 14.1. The molecule has 2 saturated carbocycles. The van der Waals surface area contributed by atoms with Gasteiger partial charge < -0.3 is 11.1 Å². The molecule has 4 heteroatoms. The van der Waals surface area contributed by atoms with Crippen molar-refractivity contribution in [1.82, 2.24) is 5.32 Å². The summed E-state index contributed by atoms with van der Waals surface area (Å²) in [4.78, 5) is 12.5. The molecule has 1 aromatic rings. The summed E-state index contributed by atoms with van der Waals surface area (Å²) in [6.45, 7) is 0. The van der Waals surface area contributed by atoms with E-state index in [-0.39, 0.29) is 23.4 Å². The van der Waals surface area contributed by atoms with Crippen molar-refractivity contribution in [2.45, 2.75) is 50.1 Å². The number of hydrogen-bond acceptors (Lipinski definition) is 2. The number of nitrogens with one attached hydrogen (secondary N) is 1. The highest BCUT2D eigenvalue weighted by Gasteiger charge is 2.41. The van der Waals surface area contributed by atoms with Gasteiger partial charge in [0.1, 0.15) is 0 Å². The van der Waals surface area contributed by atoms with Crippen molar-refractivity contribution in [3.8, 4) is 0 Å². The van der Waals surface area contributed by atoms with Crippen LogP contribution in [0.25, 0.3) is 0 Å². The van der Waals surface area contributed by atoms with E-state index in [9.17, 15) is 4.79 Å². The molecule has 108 valence electrons. The predicted molar refractivity (Wildman–Crippen MR) is 83.1 cm³/mol. The number of nitrogens with two attached hydrogens (primary N) is 1. The molecule has 3 N–H and O–H groups in total. The van der Waals surface area contributed by atoms with Crippen LogP contribution in [0.15, 0.2) is 28.7 Å². The third-order valence-corrected chi connectivity index (χ3v) is 5.34. The fourth-order valence-corrected chi connectivity index (χ4v) is 3.64. The van der Waals surface area contributed by atoms with Crippen molar-refractivity contribution in [2.24, 2.45) is 11.7 Å². The van der Waals surface area contributed by atoms with Crippen molar-refractivity contribution < 1.29 is 4.79 Å². The number of benzene rings is 1. The molecular formula is C16H21BrN2O. The van der Waals surface area contributed by atoms with E-state index in [1.807, 2.05) is 12.1 Å². The normalized spacial score (nSPS) is 27.9. The molecule has 3 nitrogen and oxygen atoms in total. The number of halogens is 1. The van der Waals surface area contributed by atoms with Gasteiger partial charge in [0.15, 0.2) is 0 Å². The minimum atomic E-state index is -0.134. The minimum Gasteiger partial charge on any atom is -0.346 e. The van der Waals surface area contributed by atoms with Crippen LogP contribution in [0, 0.1) is 5.92 Å². The van der Waals surface area contributed by atoms with Crippen LogP contribution in [0.1, 0.15) is 44.1 Å². The highest BCUT2D eigenvalue weighted by Crippen LogP contribution is 2.42. The van der Waals surface area contributed by atoms with Gasteiger partial charge in [-0.05, 0) is 56.2 Å². The lowest BCUT2D eigenvalue weighted by molar-refractivity contribution is -0.128. The number of carbonyl (C=O) groups is 1. The predicted octanol–water partition coefficient (Wildman–Crippen LogP) is 3.07. The van der Waals surface area contributed by atoms with Crippen molar-refractivity contribution in [2.75, 3.05) is 0 Å². The lowest BCUT2D eigenvalue weighted by Gasteiger charge is -2.43. The van der Waals surface area contributed by atoms with E-state index < -0.39 is 0 Å². The molecule has 0 spiro atoms. The van der Waals surface area contributed by atoms with Gasteiger partial charge in [0, 0.05) is 16.4 Å². The van der Waals surface area contributed by atoms with Gasteiger partial charge in [0.2, 0.25) is 5.91 Å². The minimum absolute atomic E-state index is 0.109. The SMILES string of the molecule is NC1CCC(C(=O)NC2(c3ccc(Br)cc3)CCC2)C1. The van der Waals surface area contributed by atoms with Crippen molar-refractivity contribution in [1.29, 1.82) is 0 Å². The van der Waals surface area contributed by atoms with Gasteiger partial charge in [-0.15, -0.1) is 0 Å². The highest BCUT2D eigenvalue weighted by atomic mass is 79.9. The van der Waals surface area contributed by atoms with Gasteiger partial charge in [0.05, 0.1) is 5.54 Å². The highest BCUT2D eigenvalue weighted by molar-refractivity contribution is 9.10. The average molecular weight is 337 g/mol.